The number of sulfone groups is 1. The van der Waals surface area contributed by atoms with E-state index in [4.69, 9.17) is 0 Å². The highest BCUT2D eigenvalue weighted by Crippen LogP contribution is 2.15. The van der Waals surface area contributed by atoms with Gasteiger partial charge in [-0.1, -0.05) is 6.92 Å². The minimum atomic E-state index is -2.83. The van der Waals surface area contributed by atoms with Gasteiger partial charge in [-0.3, -0.25) is 4.90 Å². The third kappa shape index (κ3) is 7.19. The molecule has 0 rings (SSSR count). The van der Waals surface area contributed by atoms with Crippen molar-refractivity contribution in [3.05, 3.63) is 0 Å². The Kier molecular flexibility index (Phi) is 6.51. The maximum absolute atomic E-state index is 10.9. The number of rotatable bonds is 8. The second-order valence-corrected chi connectivity index (χ2v) is 7.23. The van der Waals surface area contributed by atoms with Crippen molar-refractivity contribution in [2.24, 2.45) is 0 Å². The van der Waals surface area contributed by atoms with Crippen LogP contribution in [0.25, 0.3) is 0 Å². The Morgan fingerprint density at radius 2 is 1.81 bits per heavy atom. The summed E-state index contributed by atoms with van der Waals surface area (Å²) in [6.07, 6.45) is 2.37. The maximum Gasteiger partial charge on any atom is 0.148 e. The fraction of sp³-hybridized carbons (Fsp3) is 1.00. The highest BCUT2D eigenvalue weighted by Gasteiger charge is 2.19. The van der Waals surface area contributed by atoms with Crippen LogP contribution in [0.3, 0.4) is 0 Å². The van der Waals surface area contributed by atoms with Crippen LogP contribution < -0.4 is 5.32 Å². The van der Waals surface area contributed by atoms with Gasteiger partial charge in [0, 0.05) is 31.4 Å². The lowest BCUT2D eigenvalue weighted by Crippen LogP contribution is -2.44. The minimum absolute atomic E-state index is 0.207. The largest absolute Gasteiger partial charge is 0.314 e. The van der Waals surface area contributed by atoms with E-state index in [1.807, 2.05) is 0 Å². The molecule has 0 atom stereocenters. The first-order chi connectivity index (χ1) is 7.19. The maximum atomic E-state index is 10.9. The Morgan fingerprint density at radius 1 is 1.25 bits per heavy atom. The molecule has 0 heterocycles. The van der Waals surface area contributed by atoms with Crippen LogP contribution in [0.1, 0.15) is 27.2 Å². The molecule has 0 aliphatic rings. The number of likely N-dealkylation sites (N-methyl/N-ethyl adjacent to an activating group) is 1. The Bertz CT molecular complexity index is 286. The predicted molar refractivity (Wildman–Crippen MR) is 69.6 cm³/mol. The lowest BCUT2D eigenvalue weighted by atomic mass is 10.0. The van der Waals surface area contributed by atoms with E-state index >= 15 is 0 Å². The molecule has 0 unspecified atom stereocenters. The summed E-state index contributed by atoms with van der Waals surface area (Å²) < 4.78 is 21.8. The molecule has 0 spiro atoms. The molecule has 0 aromatic rings. The van der Waals surface area contributed by atoms with Crippen molar-refractivity contribution in [3.63, 3.8) is 0 Å². The molecule has 0 amide bonds. The number of hydrogen-bond acceptors (Lipinski definition) is 4. The van der Waals surface area contributed by atoms with Crippen molar-refractivity contribution in [1.82, 2.24) is 10.2 Å². The van der Waals surface area contributed by atoms with E-state index in [0.29, 0.717) is 6.54 Å². The Balaban J connectivity index is 3.68. The summed E-state index contributed by atoms with van der Waals surface area (Å²) in [4.78, 5) is 2.29. The van der Waals surface area contributed by atoms with Gasteiger partial charge in [-0.2, -0.15) is 0 Å². The molecule has 0 fully saturated rings. The zero-order valence-electron chi connectivity index (χ0n) is 11.2. The zero-order valence-corrected chi connectivity index (χ0v) is 12.0. The van der Waals surface area contributed by atoms with Crippen molar-refractivity contribution in [3.8, 4) is 0 Å². The lowest BCUT2D eigenvalue weighted by molar-refractivity contribution is 0.152. The summed E-state index contributed by atoms with van der Waals surface area (Å²) in [5, 5.41) is 3.15. The van der Waals surface area contributed by atoms with Gasteiger partial charge in [0.05, 0.1) is 5.75 Å². The first kappa shape index (κ1) is 15.9. The molecule has 0 bridgehead atoms. The average molecular weight is 250 g/mol. The predicted octanol–water partition coefficient (Wildman–Crippen LogP) is 0.741. The van der Waals surface area contributed by atoms with Crippen molar-refractivity contribution in [2.45, 2.75) is 32.7 Å². The van der Waals surface area contributed by atoms with Gasteiger partial charge in [0.1, 0.15) is 9.84 Å². The van der Waals surface area contributed by atoms with Crippen molar-refractivity contribution in [1.29, 1.82) is 0 Å². The van der Waals surface area contributed by atoms with Crippen molar-refractivity contribution < 1.29 is 8.42 Å². The molecule has 0 saturated carbocycles. The normalized spacial score (nSPS) is 13.4. The number of hydrogen-bond donors (Lipinski definition) is 1. The van der Waals surface area contributed by atoms with Crippen molar-refractivity contribution in [2.75, 3.05) is 38.7 Å². The van der Waals surface area contributed by atoms with Gasteiger partial charge >= 0.3 is 0 Å². The van der Waals surface area contributed by atoms with Gasteiger partial charge in [0.25, 0.3) is 0 Å². The molecule has 0 aromatic carbocycles. The summed E-state index contributed by atoms with van der Waals surface area (Å²) >= 11 is 0. The van der Waals surface area contributed by atoms with Crippen LogP contribution in [0.15, 0.2) is 0 Å². The third-order valence-electron chi connectivity index (χ3n) is 3.17. The monoisotopic (exact) mass is 250 g/mol. The van der Waals surface area contributed by atoms with E-state index in [1.54, 1.807) is 0 Å². The molecule has 1 N–H and O–H groups in total. The standard InChI is InChI=1S/C11H26N2O2S/c1-6-11(2,3)13(4)9-7-12-8-10-16(5,14)15/h12H,6-10H2,1-5H3. The van der Waals surface area contributed by atoms with E-state index in [2.05, 4.69) is 38.0 Å². The molecular formula is C11H26N2O2S. The molecule has 5 heteroatoms. The smallest absolute Gasteiger partial charge is 0.148 e. The van der Waals surface area contributed by atoms with Gasteiger partial charge in [-0.05, 0) is 27.3 Å². The number of nitrogens with one attached hydrogen (secondary N) is 1. The molecule has 0 saturated heterocycles. The summed E-state index contributed by atoms with van der Waals surface area (Å²) in [5.74, 6) is 0.216. The second-order valence-electron chi connectivity index (χ2n) is 4.97. The van der Waals surface area contributed by atoms with Crippen LogP contribution in [-0.2, 0) is 9.84 Å². The fourth-order valence-electron chi connectivity index (χ4n) is 1.20. The molecule has 0 aliphatic heterocycles. The van der Waals surface area contributed by atoms with Crippen LogP contribution in [0.5, 0.6) is 0 Å². The summed E-state index contributed by atoms with van der Waals surface area (Å²) in [5.41, 5.74) is 0.207. The zero-order chi connectivity index (χ0) is 12.8. The minimum Gasteiger partial charge on any atom is -0.314 e. The van der Waals surface area contributed by atoms with Crippen LogP contribution in [-0.4, -0.2) is 57.5 Å². The molecule has 0 aromatic heterocycles. The first-order valence-electron chi connectivity index (χ1n) is 5.79. The van der Waals surface area contributed by atoms with Gasteiger partial charge in [-0.25, -0.2) is 8.42 Å². The summed E-state index contributed by atoms with van der Waals surface area (Å²) in [6.45, 7) is 8.90. The Morgan fingerprint density at radius 3 is 2.25 bits per heavy atom. The molecule has 0 aliphatic carbocycles. The van der Waals surface area contributed by atoms with Gasteiger partial charge in [0.2, 0.25) is 0 Å². The average Bonchev–Trinajstić information content (AvgIpc) is 2.15. The quantitative estimate of drug-likeness (QED) is 0.646. The fourth-order valence-corrected chi connectivity index (χ4v) is 1.72. The van der Waals surface area contributed by atoms with Crippen LogP contribution >= 0.6 is 0 Å². The Hall–Kier alpha value is -0.130. The molecular weight excluding hydrogens is 224 g/mol. The summed E-state index contributed by atoms with van der Waals surface area (Å²) in [7, 11) is -0.735. The molecule has 98 valence electrons. The van der Waals surface area contributed by atoms with Crippen LogP contribution in [0, 0.1) is 0 Å². The van der Waals surface area contributed by atoms with E-state index < -0.39 is 9.84 Å². The molecule has 4 nitrogen and oxygen atoms in total. The van der Waals surface area contributed by atoms with Crippen molar-refractivity contribution >= 4 is 9.84 Å². The SMILES string of the molecule is CCC(C)(C)N(C)CCNCCS(C)(=O)=O. The van der Waals surface area contributed by atoms with E-state index in [-0.39, 0.29) is 11.3 Å². The Labute approximate surface area is 100 Å². The van der Waals surface area contributed by atoms with E-state index in [1.165, 1.54) is 6.26 Å². The highest BCUT2D eigenvalue weighted by atomic mass is 32.2. The third-order valence-corrected chi connectivity index (χ3v) is 4.12. The number of nitrogens with zero attached hydrogens (tertiary/aromatic N) is 1. The first-order valence-corrected chi connectivity index (χ1v) is 7.85. The van der Waals surface area contributed by atoms with Gasteiger partial charge in [-0.15, -0.1) is 0 Å². The van der Waals surface area contributed by atoms with Gasteiger partial charge in [0.15, 0.2) is 0 Å². The summed E-state index contributed by atoms with van der Waals surface area (Å²) in [6, 6.07) is 0. The van der Waals surface area contributed by atoms with Crippen LogP contribution in [0.2, 0.25) is 0 Å². The molecule has 0 radical (unpaired) electrons. The topological polar surface area (TPSA) is 49.4 Å². The van der Waals surface area contributed by atoms with E-state index in [0.717, 1.165) is 19.5 Å². The van der Waals surface area contributed by atoms with Gasteiger partial charge < -0.3 is 5.32 Å². The lowest BCUT2D eigenvalue weighted by Gasteiger charge is -2.34. The highest BCUT2D eigenvalue weighted by molar-refractivity contribution is 7.90. The second kappa shape index (κ2) is 6.57. The molecule has 16 heavy (non-hydrogen) atoms. The van der Waals surface area contributed by atoms with E-state index in [9.17, 15) is 8.42 Å². The van der Waals surface area contributed by atoms with Crippen LogP contribution in [0.4, 0.5) is 0 Å².